The molecule has 0 spiro atoms. The molecule has 0 unspecified atom stereocenters. The van der Waals surface area contributed by atoms with Gasteiger partial charge in [-0.1, -0.05) is 12.1 Å². The first-order valence-corrected chi connectivity index (χ1v) is 7.45. The molecule has 0 saturated heterocycles. The summed E-state index contributed by atoms with van der Waals surface area (Å²) < 4.78 is 19.8. The molecular formula is C13H9BrFN3OS. The summed E-state index contributed by atoms with van der Waals surface area (Å²) in [6.07, 6.45) is 0. The van der Waals surface area contributed by atoms with Crippen molar-refractivity contribution in [1.82, 2.24) is 10.2 Å². The average Bonchev–Trinajstić information content (AvgIpc) is 3.09. The van der Waals surface area contributed by atoms with Crippen molar-refractivity contribution in [2.75, 3.05) is 5.32 Å². The monoisotopic (exact) mass is 353 g/mol. The van der Waals surface area contributed by atoms with Crippen molar-refractivity contribution < 1.29 is 8.81 Å². The topological polar surface area (TPSA) is 51.0 Å². The van der Waals surface area contributed by atoms with Crippen molar-refractivity contribution in [2.45, 2.75) is 6.54 Å². The van der Waals surface area contributed by atoms with Crippen molar-refractivity contribution in [2.24, 2.45) is 0 Å². The first-order valence-electron chi connectivity index (χ1n) is 5.78. The van der Waals surface area contributed by atoms with Crippen LogP contribution in [0, 0.1) is 5.82 Å². The molecule has 1 aromatic carbocycles. The van der Waals surface area contributed by atoms with Crippen LogP contribution in [0.25, 0.3) is 10.8 Å². The smallest absolute Gasteiger partial charge is 0.257 e. The van der Waals surface area contributed by atoms with Crippen LogP contribution >= 0.6 is 27.3 Å². The predicted molar refractivity (Wildman–Crippen MR) is 79.0 cm³/mol. The van der Waals surface area contributed by atoms with E-state index in [1.165, 1.54) is 17.4 Å². The van der Waals surface area contributed by atoms with E-state index in [2.05, 4.69) is 31.4 Å². The van der Waals surface area contributed by atoms with Gasteiger partial charge in [0, 0.05) is 4.47 Å². The van der Waals surface area contributed by atoms with Crippen LogP contribution in [0.15, 0.2) is 44.6 Å². The molecule has 2 heterocycles. The number of hydrogen-bond acceptors (Lipinski definition) is 5. The summed E-state index contributed by atoms with van der Waals surface area (Å²) >= 11 is 4.81. The van der Waals surface area contributed by atoms with Crippen molar-refractivity contribution in [3.8, 4) is 10.8 Å². The molecular weight excluding hydrogens is 345 g/mol. The number of anilines is 1. The number of benzene rings is 1. The normalized spacial score (nSPS) is 10.7. The highest BCUT2D eigenvalue weighted by atomic mass is 79.9. The van der Waals surface area contributed by atoms with Crippen molar-refractivity contribution >= 4 is 33.0 Å². The van der Waals surface area contributed by atoms with Gasteiger partial charge in [-0.15, -0.1) is 21.5 Å². The van der Waals surface area contributed by atoms with Gasteiger partial charge in [0.15, 0.2) is 0 Å². The quantitative estimate of drug-likeness (QED) is 0.759. The third kappa shape index (κ3) is 2.73. The Bertz CT molecular complexity index is 694. The van der Waals surface area contributed by atoms with Crippen LogP contribution in [-0.4, -0.2) is 10.2 Å². The zero-order chi connectivity index (χ0) is 13.9. The van der Waals surface area contributed by atoms with Gasteiger partial charge in [-0.2, -0.15) is 0 Å². The maximum atomic E-state index is 13.6. The molecule has 0 atom stereocenters. The lowest BCUT2D eigenvalue weighted by molar-refractivity contribution is 0.515. The molecule has 102 valence electrons. The van der Waals surface area contributed by atoms with Crippen LogP contribution < -0.4 is 5.32 Å². The summed E-state index contributed by atoms with van der Waals surface area (Å²) in [5.41, 5.74) is 0.378. The second-order valence-electron chi connectivity index (χ2n) is 3.93. The van der Waals surface area contributed by atoms with Crippen molar-refractivity contribution in [3.63, 3.8) is 0 Å². The number of nitrogens with one attached hydrogen (secondary N) is 1. The number of para-hydroxylation sites is 1. The molecule has 0 amide bonds. The molecule has 0 fully saturated rings. The maximum Gasteiger partial charge on any atom is 0.257 e. The molecule has 0 saturated carbocycles. The molecule has 4 nitrogen and oxygen atoms in total. The lowest BCUT2D eigenvalue weighted by Crippen LogP contribution is -2.02. The molecule has 0 aliphatic carbocycles. The molecule has 0 aliphatic heterocycles. The van der Waals surface area contributed by atoms with Crippen LogP contribution in [0.2, 0.25) is 0 Å². The van der Waals surface area contributed by atoms with E-state index in [1.807, 2.05) is 17.5 Å². The van der Waals surface area contributed by atoms with E-state index >= 15 is 0 Å². The lowest BCUT2D eigenvalue weighted by Gasteiger charge is -2.06. The Morgan fingerprint density at radius 1 is 1.25 bits per heavy atom. The number of nitrogens with zero attached hydrogens (tertiary/aromatic N) is 2. The van der Waals surface area contributed by atoms with E-state index in [9.17, 15) is 4.39 Å². The zero-order valence-electron chi connectivity index (χ0n) is 10.1. The molecule has 0 aliphatic rings. The molecule has 0 bridgehead atoms. The number of hydrogen-bond donors (Lipinski definition) is 1. The summed E-state index contributed by atoms with van der Waals surface area (Å²) in [5.74, 6) is 0.547. The number of aromatic nitrogens is 2. The molecule has 0 radical (unpaired) electrons. The first kappa shape index (κ1) is 13.3. The number of thiophene rings is 1. The highest BCUT2D eigenvalue weighted by Crippen LogP contribution is 2.26. The summed E-state index contributed by atoms with van der Waals surface area (Å²) in [6, 6.07) is 8.60. The highest BCUT2D eigenvalue weighted by Gasteiger charge is 2.11. The van der Waals surface area contributed by atoms with E-state index < -0.39 is 0 Å². The second kappa shape index (κ2) is 5.72. The molecule has 7 heteroatoms. The van der Waals surface area contributed by atoms with Crippen LogP contribution in [0.4, 0.5) is 10.1 Å². The molecule has 20 heavy (non-hydrogen) atoms. The van der Waals surface area contributed by atoms with Crippen LogP contribution in [-0.2, 0) is 6.54 Å². The Morgan fingerprint density at radius 2 is 2.15 bits per heavy atom. The fourth-order valence-corrected chi connectivity index (χ4v) is 2.78. The largest absolute Gasteiger partial charge is 0.418 e. The fourth-order valence-electron chi connectivity index (χ4n) is 1.66. The van der Waals surface area contributed by atoms with Gasteiger partial charge in [-0.25, -0.2) is 4.39 Å². The maximum absolute atomic E-state index is 13.6. The van der Waals surface area contributed by atoms with E-state index in [1.54, 1.807) is 12.1 Å². The molecule has 3 rings (SSSR count). The summed E-state index contributed by atoms with van der Waals surface area (Å²) in [4.78, 5) is 0.913. The third-order valence-electron chi connectivity index (χ3n) is 2.58. The minimum Gasteiger partial charge on any atom is -0.418 e. The zero-order valence-corrected chi connectivity index (χ0v) is 12.5. The van der Waals surface area contributed by atoms with Gasteiger partial charge < -0.3 is 9.73 Å². The molecule has 1 N–H and O–H groups in total. The van der Waals surface area contributed by atoms with Gasteiger partial charge >= 0.3 is 0 Å². The Hall–Kier alpha value is -1.73. The lowest BCUT2D eigenvalue weighted by atomic mass is 10.3. The van der Waals surface area contributed by atoms with Gasteiger partial charge in [0.2, 0.25) is 5.89 Å². The summed E-state index contributed by atoms with van der Waals surface area (Å²) in [6.45, 7) is 0.262. The van der Waals surface area contributed by atoms with E-state index in [-0.39, 0.29) is 12.4 Å². The minimum absolute atomic E-state index is 0.262. The van der Waals surface area contributed by atoms with Gasteiger partial charge in [0.05, 0.1) is 17.1 Å². The second-order valence-corrected chi connectivity index (χ2v) is 5.73. The van der Waals surface area contributed by atoms with Crippen LogP contribution in [0.5, 0.6) is 0 Å². The number of rotatable bonds is 4. The summed E-state index contributed by atoms with van der Waals surface area (Å²) in [5, 5.41) is 12.8. The Balaban J connectivity index is 1.73. The fraction of sp³-hybridized carbons (Fsp3) is 0.0769. The first-order chi connectivity index (χ1) is 9.74. The van der Waals surface area contributed by atoms with E-state index in [4.69, 9.17) is 4.42 Å². The molecule has 3 aromatic rings. The van der Waals surface area contributed by atoms with Gasteiger partial charge in [-0.05, 0) is 39.5 Å². The van der Waals surface area contributed by atoms with Crippen LogP contribution in [0.1, 0.15) is 5.89 Å². The Labute approximate surface area is 126 Å². The standard InChI is InChI=1S/C13H9BrFN3OS/c14-8-3-1-4-9(15)12(8)16-7-11-17-18-13(19-11)10-5-2-6-20-10/h1-6,16H,7H2. The van der Waals surface area contributed by atoms with Crippen LogP contribution in [0.3, 0.4) is 0 Å². The average molecular weight is 354 g/mol. The van der Waals surface area contributed by atoms with Crippen molar-refractivity contribution in [1.29, 1.82) is 0 Å². The van der Waals surface area contributed by atoms with Gasteiger partial charge in [0.1, 0.15) is 5.82 Å². The highest BCUT2D eigenvalue weighted by molar-refractivity contribution is 9.10. The van der Waals surface area contributed by atoms with Gasteiger partial charge in [0.25, 0.3) is 5.89 Å². The SMILES string of the molecule is Fc1cccc(Br)c1NCc1nnc(-c2cccs2)o1. The molecule has 2 aromatic heterocycles. The summed E-state index contributed by atoms with van der Waals surface area (Å²) in [7, 11) is 0. The predicted octanol–water partition coefficient (Wildman–Crippen LogP) is 4.31. The van der Waals surface area contributed by atoms with E-state index in [0.29, 0.717) is 21.9 Å². The van der Waals surface area contributed by atoms with E-state index in [0.717, 1.165) is 4.88 Å². The Kier molecular flexibility index (Phi) is 3.79. The van der Waals surface area contributed by atoms with Gasteiger partial charge in [-0.3, -0.25) is 0 Å². The Morgan fingerprint density at radius 3 is 2.90 bits per heavy atom. The minimum atomic E-state index is -0.336. The third-order valence-corrected chi connectivity index (χ3v) is 4.10. The number of halogens is 2. The van der Waals surface area contributed by atoms with Crippen molar-refractivity contribution in [3.05, 3.63) is 51.9 Å².